The van der Waals surface area contributed by atoms with Crippen LogP contribution in [0.5, 0.6) is 0 Å². The minimum absolute atomic E-state index is 0.201. The van der Waals surface area contributed by atoms with Gasteiger partial charge in [-0.25, -0.2) is 9.18 Å². The normalized spacial score (nSPS) is 11.8. The first-order chi connectivity index (χ1) is 10.5. The molecule has 0 spiro atoms. The summed E-state index contributed by atoms with van der Waals surface area (Å²) in [7, 11) is 0. The predicted molar refractivity (Wildman–Crippen MR) is 87.0 cm³/mol. The molecule has 0 aromatic heterocycles. The van der Waals surface area contributed by atoms with E-state index in [1.54, 1.807) is 13.0 Å². The zero-order chi connectivity index (χ0) is 16.1. The molecule has 0 unspecified atom stereocenters. The van der Waals surface area contributed by atoms with E-state index < -0.39 is 6.09 Å². The Morgan fingerprint density at radius 1 is 1.32 bits per heavy atom. The molecule has 0 aliphatic heterocycles. The molecule has 0 fully saturated rings. The largest absolute Gasteiger partial charge is 0.445 e. The topological polar surface area (TPSA) is 38.3 Å². The average Bonchev–Trinajstić information content (AvgIpc) is 2.50. The van der Waals surface area contributed by atoms with Crippen molar-refractivity contribution in [1.29, 1.82) is 0 Å². The molecular weight excluding hydrogens is 349 g/mol. The van der Waals surface area contributed by atoms with Gasteiger partial charge in [-0.15, -0.1) is 0 Å². The lowest BCUT2D eigenvalue weighted by atomic mass is 10.0. The van der Waals surface area contributed by atoms with Crippen molar-refractivity contribution in [2.24, 2.45) is 0 Å². The molecule has 0 aliphatic carbocycles. The van der Waals surface area contributed by atoms with E-state index in [4.69, 9.17) is 4.74 Å². The van der Waals surface area contributed by atoms with Crippen molar-refractivity contribution >= 4 is 22.0 Å². The van der Waals surface area contributed by atoms with Crippen LogP contribution in [0.4, 0.5) is 9.18 Å². The number of amides is 1. The van der Waals surface area contributed by atoms with E-state index in [0.29, 0.717) is 4.47 Å². The summed E-state index contributed by atoms with van der Waals surface area (Å²) in [5, 5.41) is 2.71. The summed E-state index contributed by atoms with van der Waals surface area (Å²) in [4.78, 5) is 11.8. The Morgan fingerprint density at radius 2 is 2.00 bits per heavy atom. The molecule has 0 saturated heterocycles. The monoisotopic (exact) mass is 365 g/mol. The van der Waals surface area contributed by atoms with Crippen molar-refractivity contribution in [3.8, 4) is 0 Å². The van der Waals surface area contributed by atoms with Crippen molar-refractivity contribution in [2.75, 3.05) is 0 Å². The van der Waals surface area contributed by atoms with E-state index in [9.17, 15) is 9.18 Å². The van der Waals surface area contributed by atoms with Crippen molar-refractivity contribution in [3.63, 3.8) is 0 Å². The van der Waals surface area contributed by atoms with Gasteiger partial charge in [0.15, 0.2) is 0 Å². The van der Waals surface area contributed by atoms with Crippen LogP contribution in [-0.4, -0.2) is 6.09 Å². The van der Waals surface area contributed by atoms with Gasteiger partial charge in [-0.1, -0.05) is 30.3 Å². The molecule has 1 atom stereocenters. The van der Waals surface area contributed by atoms with Crippen LogP contribution < -0.4 is 5.32 Å². The van der Waals surface area contributed by atoms with Gasteiger partial charge in [0, 0.05) is 0 Å². The Bertz CT molecular complexity index is 661. The van der Waals surface area contributed by atoms with Crippen LogP contribution in [0.3, 0.4) is 0 Å². The zero-order valence-corrected chi connectivity index (χ0v) is 14.0. The second-order valence-electron chi connectivity index (χ2n) is 5.05. The van der Waals surface area contributed by atoms with Gasteiger partial charge in [0.25, 0.3) is 0 Å². The fourth-order valence-corrected chi connectivity index (χ4v) is 2.61. The third kappa shape index (κ3) is 4.31. The highest BCUT2D eigenvalue weighted by molar-refractivity contribution is 9.10. The van der Waals surface area contributed by atoms with Gasteiger partial charge < -0.3 is 10.1 Å². The maximum atomic E-state index is 13.6. The summed E-state index contributed by atoms with van der Waals surface area (Å²) in [6, 6.07) is 12.2. The molecule has 0 bridgehead atoms. The van der Waals surface area contributed by atoms with Gasteiger partial charge in [0.05, 0.1) is 10.5 Å². The molecular formula is C17H17BrFNO2. The highest BCUT2D eigenvalue weighted by Gasteiger charge is 2.15. The third-order valence-corrected chi connectivity index (χ3v) is 3.93. The number of carbonyl (C=O) groups is 1. The number of alkyl carbamates (subject to hydrolysis) is 1. The molecule has 0 heterocycles. The number of hydrogen-bond acceptors (Lipinski definition) is 2. The quantitative estimate of drug-likeness (QED) is 0.837. The Morgan fingerprint density at radius 3 is 2.68 bits per heavy atom. The number of rotatable bonds is 4. The van der Waals surface area contributed by atoms with Crippen LogP contribution >= 0.6 is 15.9 Å². The van der Waals surface area contributed by atoms with Crippen LogP contribution in [0, 0.1) is 12.7 Å². The molecule has 1 amide bonds. The number of halogens is 2. The maximum absolute atomic E-state index is 13.6. The van der Waals surface area contributed by atoms with Crippen LogP contribution in [0.2, 0.25) is 0 Å². The van der Waals surface area contributed by atoms with Crippen molar-refractivity contribution in [3.05, 3.63) is 69.4 Å². The number of ether oxygens (including phenoxy) is 1. The average molecular weight is 366 g/mol. The minimum atomic E-state index is -0.529. The highest BCUT2D eigenvalue weighted by Crippen LogP contribution is 2.24. The van der Waals surface area contributed by atoms with Gasteiger partial charge in [0.1, 0.15) is 12.4 Å². The lowest BCUT2D eigenvalue weighted by Crippen LogP contribution is -2.27. The van der Waals surface area contributed by atoms with Crippen LogP contribution in [0.25, 0.3) is 0 Å². The molecule has 0 aliphatic rings. The van der Waals surface area contributed by atoms with Crippen molar-refractivity contribution in [1.82, 2.24) is 5.32 Å². The number of benzene rings is 2. The van der Waals surface area contributed by atoms with Gasteiger partial charge >= 0.3 is 6.09 Å². The zero-order valence-electron chi connectivity index (χ0n) is 12.4. The number of carbonyl (C=O) groups excluding carboxylic acids is 1. The summed E-state index contributed by atoms with van der Waals surface area (Å²) >= 11 is 3.14. The summed E-state index contributed by atoms with van der Waals surface area (Å²) < 4.78 is 19.2. The van der Waals surface area contributed by atoms with E-state index in [0.717, 1.165) is 16.7 Å². The summed E-state index contributed by atoms with van der Waals surface area (Å²) in [5.41, 5.74) is 2.53. The predicted octanol–water partition coefficient (Wildman–Crippen LogP) is 4.88. The Balaban J connectivity index is 1.95. The second-order valence-corrected chi connectivity index (χ2v) is 5.90. The van der Waals surface area contributed by atoms with Crippen LogP contribution in [0.1, 0.15) is 29.7 Å². The number of nitrogens with one attached hydrogen (secondary N) is 1. The van der Waals surface area contributed by atoms with Gasteiger partial charge in [-0.2, -0.15) is 0 Å². The first-order valence-corrected chi connectivity index (χ1v) is 7.69. The first kappa shape index (κ1) is 16.5. The Hall–Kier alpha value is -1.88. The summed E-state index contributed by atoms with van der Waals surface area (Å²) in [6.07, 6.45) is -0.529. The van der Waals surface area contributed by atoms with E-state index in [2.05, 4.69) is 21.2 Å². The smallest absolute Gasteiger partial charge is 0.407 e. The summed E-state index contributed by atoms with van der Waals surface area (Å²) in [5.74, 6) is -0.355. The molecule has 1 N–H and O–H groups in total. The molecule has 3 nitrogen and oxygen atoms in total. The Labute approximate surface area is 137 Å². The van der Waals surface area contributed by atoms with E-state index in [1.165, 1.54) is 6.07 Å². The SMILES string of the molecule is Cc1cc(Br)c(F)cc1[C@@H](C)NC(=O)OCc1ccccc1. The van der Waals surface area contributed by atoms with E-state index >= 15 is 0 Å². The van der Waals surface area contributed by atoms with Crippen LogP contribution in [0.15, 0.2) is 46.9 Å². The highest BCUT2D eigenvalue weighted by atomic mass is 79.9. The fraction of sp³-hybridized carbons (Fsp3) is 0.235. The van der Waals surface area contributed by atoms with Gasteiger partial charge in [-0.05, 0) is 58.6 Å². The minimum Gasteiger partial charge on any atom is -0.445 e. The van der Waals surface area contributed by atoms with Gasteiger partial charge in [-0.3, -0.25) is 0 Å². The molecule has 0 radical (unpaired) electrons. The van der Waals surface area contributed by atoms with E-state index in [-0.39, 0.29) is 18.5 Å². The first-order valence-electron chi connectivity index (χ1n) is 6.90. The van der Waals surface area contributed by atoms with E-state index in [1.807, 2.05) is 37.3 Å². The number of hydrogen-bond donors (Lipinski definition) is 1. The molecule has 2 rings (SSSR count). The van der Waals surface area contributed by atoms with Gasteiger partial charge in [0.2, 0.25) is 0 Å². The molecule has 0 saturated carbocycles. The second kappa shape index (κ2) is 7.40. The molecule has 22 heavy (non-hydrogen) atoms. The summed E-state index contributed by atoms with van der Waals surface area (Å²) in [6.45, 7) is 3.86. The molecule has 2 aromatic carbocycles. The van der Waals surface area contributed by atoms with Crippen molar-refractivity contribution < 1.29 is 13.9 Å². The molecule has 5 heteroatoms. The standard InChI is InChI=1S/C17H17BrFNO2/c1-11-8-15(18)16(19)9-14(11)12(2)20-17(21)22-10-13-6-4-3-5-7-13/h3-9,12H,10H2,1-2H3,(H,20,21)/t12-/m1/s1. The molecule has 2 aromatic rings. The molecule has 116 valence electrons. The lowest BCUT2D eigenvalue weighted by Gasteiger charge is -2.17. The lowest BCUT2D eigenvalue weighted by molar-refractivity contribution is 0.136. The number of aryl methyl sites for hydroxylation is 1. The fourth-order valence-electron chi connectivity index (χ4n) is 2.15. The third-order valence-electron chi connectivity index (χ3n) is 3.32. The Kier molecular flexibility index (Phi) is 5.55. The van der Waals surface area contributed by atoms with Crippen molar-refractivity contribution in [2.45, 2.75) is 26.5 Å². The van der Waals surface area contributed by atoms with Crippen LogP contribution in [-0.2, 0) is 11.3 Å². The maximum Gasteiger partial charge on any atom is 0.407 e.